The van der Waals surface area contributed by atoms with Crippen LogP contribution in [0, 0.1) is 0 Å². The monoisotopic (exact) mass is 852 g/mol. The Morgan fingerprint density at radius 3 is 1.38 bits per heavy atom. The zero-order chi connectivity index (χ0) is 42.7. The van der Waals surface area contributed by atoms with Crippen LogP contribution in [0.5, 0.6) is 0 Å². The Morgan fingerprint density at radius 2 is 1.00 bits per heavy atom. The number of hydrogen-bond donors (Lipinski definition) is 6. The number of carbonyl (C=O) groups excluding carboxylic acids is 1. The van der Waals surface area contributed by atoms with E-state index < -0.39 is 59.9 Å². The zero-order valence-corrected chi connectivity index (χ0v) is 37.7. The fourth-order valence-electron chi connectivity index (χ4n) is 7.93. The van der Waals surface area contributed by atoms with E-state index in [1.54, 1.807) is 0 Å². The molecule has 1 heterocycles. The fourth-order valence-corrected chi connectivity index (χ4v) is 8.44. The van der Waals surface area contributed by atoms with Gasteiger partial charge in [0.1, 0.15) is 24.4 Å². The Hall–Kier alpha value is -0.900. The maximum absolute atomic E-state index is 13.0. The Labute approximate surface area is 354 Å². The number of carbonyl (C=O) groups is 1. The van der Waals surface area contributed by atoms with E-state index in [1.807, 2.05) is 0 Å². The van der Waals surface area contributed by atoms with Gasteiger partial charge in [0.05, 0.1) is 25.4 Å². The summed E-state index contributed by atoms with van der Waals surface area (Å²) in [5, 5.41) is 44.9. The fraction of sp³-hybridized carbons (Fsp3) is 0.978. The summed E-state index contributed by atoms with van der Waals surface area (Å²) in [5.41, 5.74) is 0. The SMILES string of the molecule is CCCCCCCCCCCCCCCCCCC(O)C(COC1OC(CO)C(O)C(OS(=O)(=O)O)C1O)NC(=O)CCCCCCCCCCCCCCCCC. The molecule has 0 bridgehead atoms. The molecular formula is C45H89NO11S. The molecule has 0 spiro atoms. The molecule has 6 N–H and O–H groups in total. The number of aliphatic hydroxyl groups is 4. The van der Waals surface area contributed by atoms with Crippen molar-refractivity contribution >= 4 is 16.3 Å². The molecule has 1 fully saturated rings. The van der Waals surface area contributed by atoms with Crippen molar-refractivity contribution in [3.05, 3.63) is 0 Å². The van der Waals surface area contributed by atoms with Crippen LogP contribution in [0.2, 0.25) is 0 Å². The van der Waals surface area contributed by atoms with E-state index in [-0.39, 0.29) is 12.5 Å². The van der Waals surface area contributed by atoms with Gasteiger partial charge in [-0.25, -0.2) is 4.18 Å². The summed E-state index contributed by atoms with van der Waals surface area (Å²) in [4.78, 5) is 13.0. The molecule has 0 saturated carbocycles. The predicted octanol–water partition coefficient (Wildman–Crippen LogP) is 9.39. The first kappa shape index (κ1) is 55.1. The van der Waals surface area contributed by atoms with E-state index in [4.69, 9.17) is 9.47 Å². The van der Waals surface area contributed by atoms with E-state index >= 15 is 0 Å². The number of ether oxygens (including phenoxy) is 2. The molecule has 13 heteroatoms. The summed E-state index contributed by atoms with van der Waals surface area (Å²) in [6, 6.07) is -0.851. The zero-order valence-electron chi connectivity index (χ0n) is 36.9. The Balaban J connectivity index is 2.47. The topological polar surface area (TPSA) is 192 Å². The minimum atomic E-state index is -5.07. The summed E-state index contributed by atoms with van der Waals surface area (Å²) < 4.78 is 47.7. The van der Waals surface area contributed by atoms with Crippen LogP contribution in [0.3, 0.4) is 0 Å². The number of rotatable bonds is 41. The maximum Gasteiger partial charge on any atom is 0.397 e. The molecule has 1 amide bonds. The van der Waals surface area contributed by atoms with Gasteiger partial charge in [-0.2, -0.15) is 8.42 Å². The molecule has 58 heavy (non-hydrogen) atoms. The van der Waals surface area contributed by atoms with E-state index in [2.05, 4.69) is 23.3 Å². The highest BCUT2D eigenvalue weighted by Gasteiger charge is 2.48. The minimum Gasteiger partial charge on any atom is -0.394 e. The highest BCUT2D eigenvalue weighted by Crippen LogP contribution is 2.26. The van der Waals surface area contributed by atoms with Gasteiger partial charge in [0.25, 0.3) is 0 Å². The van der Waals surface area contributed by atoms with E-state index in [1.165, 1.54) is 148 Å². The molecular weight excluding hydrogens is 763 g/mol. The van der Waals surface area contributed by atoms with Gasteiger partial charge in [-0.1, -0.05) is 206 Å². The van der Waals surface area contributed by atoms with Crippen LogP contribution >= 0.6 is 0 Å². The minimum absolute atomic E-state index is 0.226. The van der Waals surface area contributed by atoms with Crippen LogP contribution in [-0.4, -0.2) is 95.4 Å². The van der Waals surface area contributed by atoms with Crippen molar-refractivity contribution in [1.82, 2.24) is 5.32 Å². The molecule has 0 aromatic rings. The molecule has 0 radical (unpaired) electrons. The second-order valence-electron chi connectivity index (χ2n) is 17.1. The molecule has 346 valence electrons. The largest absolute Gasteiger partial charge is 0.397 e. The van der Waals surface area contributed by atoms with Crippen molar-refractivity contribution in [3.63, 3.8) is 0 Å². The number of nitrogens with one attached hydrogen (secondary N) is 1. The molecule has 0 aromatic carbocycles. The number of aliphatic hydroxyl groups excluding tert-OH is 4. The van der Waals surface area contributed by atoms with E-state index in [0.29, 0.717) is 12.8 Å². The maximum atomic E-state index is 13.0. The molecule has 0 aliphatic carbocycles. The van der Waals surface area contributed by atoms with Gasteiger partial charge in [0.2, 0.25) is 5.91 Å². The summed E-state index contributed by atoms with van der Waals surface area (Å²) in [5.74, 6) is -0.226. The lowest BCUT2D eigenvalue weighted by Gasteiger charge is -2.41. The third-order valence-electron chi connectivity index (χ3n) is 11.7. The van der Waals surface area contributed by atoms with Crippen molar-refractivity contribution in [1.29, 1.82) is 0 Å². The molecule has 1 saturated heterocycles. The molecule has 7 unspecified atom stereocenters. The molecule has 12 nitrogen and oxygen atoms in total. The standard InChI is InChI=1S/C45H89NO11S/c1-3-5-7-9-11-13-15-17-19-21-22-24-26-28-30-32-34-39(48)38(37-55-45-43(51)44(57-58(52,53)54)42(50)40(36-47)56-45)46-41(49)35-33-31-29-27-25-23-20-18-16-14-12-10-8-6-4-2/h38-40,42-45,47-48,50-51H,3-37H2,1-2H3,(H,46,49)(H,52,53,54). The number of amides is 1. The molecule has 7 atom stereocenters. The highest BCUT2D eigenvalue weighted by molar-refractivity contribution is 7.80. The average molecular weight is 852 g/mol. The third kappa shape index (κ3) is 29.4. The number of hydrogen-bond acceptors (Lipinski definition) is 10. The lowest BCUT2D eigenvalue weighted by molar-refractivity contribution is -0.298. The van der Waals surface area contributed by atoms with Crippen LogP contribution in [0.25, 0.3) is 0 Å². The lowest BCUT2D eigenvalue weighted by atomic mass is 9.99. The third-order valence-corrected chi connectivity index (χ3v) is 12.1. The molecule has 1 rings (SSSR count). The van der Waals surface area contributed by atoms with Crippen LogP contribution < -0.4 is 5.32 Å². The van der Waals surface area contributed by atoms with E-state index in [0.717, 1.165) is 51.4 Å². The highest BCUT2D eigenvalue weighted by atomic mass is 32.3. The Kier molecular flexibility index (Phi) is 34.9. The summed E-state index contributed by atoms with van der Waals surface area (Å²) >= 11 is 0. The Morgan fingerprint density at radius 1 is 0.621 bits per heavy atom. The van der Waals surface area contributed by atoms with Gasteiger partial charge in [-0.05, 0) is 12.8 Å². The van der Waals surface area contributed by atoms with Crippen LogP contribution in [0.4, 0.5) is 0 Å². The smallest absolute Gasteiger partial charge is 0.394 e. The normalized spacial score (nSPS) is 21.0. The average Bonchev–Trinajstić information content (AvgIpc) is 3.19. The van der Waals surface area contributed by atoms with Gasteiger partial charge in [0.15, 0.2) is 6.29 Å². The first-order valence-electron chi connectivity index (χ1n) is 23.9. The Bertz CT molecular complexity index is 1050. The second kappa shape index (κ2) is 36.7. The van der Waals surface area contributed by atoms with Gasteiger partial charge < -0.3 is 35.2 Å². The van der Waals surface area contributed by atoms with E-state index in [9.17, 15) is 38.2 Å². The molecule has 0 aromatic heterocycles. The van der Waals surface area contributed by atoms with Crippen LogP contribution in [-0.2, 0) is 28.9 Å². The number of unbranched alkanes of at least 4 members (excludes halogenated alkanes) is 29. The predicted molar refractivity (Wildman–Crippen MR) is 232 cm³/mol. The van der Waals surface area contributed by atoms with Crippen LogP contribution in [0.15, 0.2) is 0 Å². The van der Waals surface area contributed by atoms with Crippen molar-refractivity contribution < 1.29 is 51.8 Å². The van der Waals surface area contributed by atoms with Crippen molar-refractivity contribution in [3.8, 4) is 0 Å². The van der Waals surface area contributed by atoms with Gasteiger partial charge in [-0.3, -0.25) is 9.35 Å². The summed E-state index contributed by atoms with van der Waals surface area (Å²) in [6.07, 6.45) is 29.5. The second-order valence-corrected chi connectivity index (χ2v) is 18.1. The van der Waals surface area contributed by atoms with Crippen molar-refractivity contribution in [2.24, 2.45) is 0 Å². The van der Waals surface area contributed by atoms with Gasteiger partial charge in [0, 0.05) is 6.42 Å². The van der Waals surface area contributed by atoms with Crippen molar-refractivity contribution in [2.75, 3.05) is 13.2 Å². The van der Waals surface area contributed by atoms with Crippen LogP contribution in [0.1, 0.15) is 226 Å². The first-order valence-corrected chi connectivity index (χ1v) is 25.3. The summed E-state index contributed by atoms with van der Waals surface area (Å²) in [7, 11) is -5.07. The summed E-state index contributed by atoms with van der Waals surface area (Å²) in [6.45, 7) is 3.46. The quantitative estimate of drug-likeness (QED) is 0.0254. The lowest BCUT2D eigenvalue weighted by Crippen LogP contribution is -2.61. The van der Waals surface area contributed by atoms with Gasteiger partial charge >= 0.3 is 10.4 Å². The molecule has 1 aliphatic heterocycles. The first-order chi connectivity index (χ1) is 28.0. The van der Waals surface area contributed by atoms with Gasteiger partial charge in [-0.15, -0.1) is 0 Å². The van der Waals surface area contributed by atoms with Crippen molar-refractivity contribution in [2.45, 2.75) is 269 Å². The molecule has 1 aliphatic rings.